The molecule has 29 heavy (non-hydrogen) atoms. The minimum absolute atomic E-state index is 0.0366. The van der Waals surface area contributed by atoms with Crippen LogP contribution in [-0.2, 0) is 25.5 Å². The zero-order valence-corrected chi connectivity index (χ0v) is 17.0. The monoisotopic (exact) mass is 402 g/mol. The minimum atomic E-state index is -0.927. The van der Waals surface area contributed by atoms with Crippen LogP contribution in [0, 0.1) is 11.8 Å². The first-order valence-electron chi connectivity index (χ1n) is 9.97. The molecular formula is C22H30N2O5. The lowest BCUT2D eigenvalue weighted by atomic mass is 9.99. The van der Waals surface area contributed by atoms with Crippen LogP contribution >= 0.6 is 0 Å². The van der Waals surface area contributed by atoms with Gasteiger partial charge in [0, 0.05) is 6.04 Å². The number of allylic oxidation sites excluding steroid dienone is 2. The van der Waals surface area contributed by atoms with Gasteiger partial charge in [0.25, 0.3) is 0 Å². The van der Waals surface area contributed by atoms with Crippen molar-refractivity contribution in [2.24, 2.45) is 11.8 Å². The summed E-state index contributed by atoms with van der Waals surface area (Å²) in [6.45, 7) is 3.28. The second kappa shape index (κ2) is 11.4. The van der Waals surface area contributed by atoms with Crippen LogP contribution in [0.25, 0.3) is 0 Å². The van der Waals surface area contributed by atoms with Crippen LogP contribution in [0.4, 0.5) is 0 Å². The van der Waals surface area contributed by atoms with Gasteiger partial charge in [-0.05, 0) is 31.7 Å². The summed E-state index contributed by atoms with van der Waals surface area (Å²) in [6, 6.07) is 8.68. The van der Waals surface area contributed by atoms with Crippen molar-refractivity contribution in [3.05, 3.63) is 48.0 Å². The molecule has 7 heteroatoms. The number of rotatable bonds is 5. The van der Waals surface area contributed by atoms with E-state index in [0.717, 1.165) is 5.56 Å². The predicted octanol–water partition coefficient (Wildman–Crippen LogP) is 1.36. The van der Waals surface area contributed by atoms with E-state index in [4.69, 9.17) is 4.74 Å². The van der Waals surface area contributed by atoms with E-state index in [2.05, 4.69) is 10.6 Å². The molecule has 1 aliphatic heterocycles. The van der Waals surface area contributed by atoms with Gasteiger partial charge in [-0.15, -0.1) is 0 Å². The highest BCUT2D eigenvalue weighted by atomic mass is 16.5. The Kier molecular flexibility index (Phi) is 8.86. The Labute approximate surface area is 171 Å². The van der Waals surface area contributed by atoms with Crippen molar-refractivity contribution in [3.63, 3.8) is 0 Å². The number of carbonyl (C=O) groups excluding carboxylic acids is 3. The number of cyclic esters (lactones) is 1. The number of ether oxygens (including phenoxy) is 1. The summed E-state index contributed by atoms with van der Waals surface area (Å²) < 4.78 is 5.42. The Hall–Kier alpha value is -2.67. The van der Waals surface area contributed by atoms with E-state index < -0.39 is 29.8 Å². The molecule has 1 aliphatic rings. The molecule has 2 rings (SSSR count). The Bertz CT molecular complexity index is 719. The number of aliphatic hydroxyl groups is 1. The van der Waals surface area contributed by atoms with E-state index in [1.165, 1.54) is 0 Å². The van der Waals surface area contributed by atoms with Gasteiger partial charge in [0.2, 0.25) is 11.8 Å². The van der Waals surface area contributed by atoms with Crippen molar-refractivity contribution < 1.29 is 24.2 Å². The molecule has 3 N–H and O–H groups in total. The molecule has 0 aromatic heterocycles. The maximum Gasteiger partial charge on any atom is 0.309 e. The quantitative estimate of drug-likeness (QED) is 0.392. The number of carbonyl (C=O) groups is 3. The fraction of sp³-hybridized carbons (Fsp3) is 0.500. The first-order valence-corrected chi connectivity index (χ1v) is 9.97. The van der Waals surface area contributed by atoms with E-state index >= 15 is 0 Å². The maximum absolute atomic E-state index is 12.9. The fourth-order valence-electron chi connectivity index (χ4n) is 3.03. The van der Waals surface area contributed by atoms with Crippen LogP contribution < -0.4 is 10.6 Å². The molecule has 0 spiro atoms. The average Bonchev–Trinajstić information content (AvgIpc) is 2.71. The topological polar surface area (TPSA) is 105 Å². The zero-order valence-electron chi connectivity index (χ0n) is 17.0. The van der Waals surface area contributed by atoms with Crippen molar-refractivity contribution >= 4 is 17.8 Å². The summed E-state index contributed by atoms with van der Waals surface area (Å²) in [5.74, 6) is -2.41. The summed E-state index contributed by atoms with van der Waals surface area (Å²) in [5, 5.41) is 14.7. The van der Waals surface area contributed by atoms with Crippen LogP contribution in [-0.4, -0.2) is 48.2 Å². The molecular weight excluding hydrogens is 372 g/mol. The molecule has 1 aromatic rings. The molecule has 0 bridgehead atoms. The van der Waals surface area contributed by atoms with Crippen LogP contribution in [0.1, 0.15) is 32.3 Å². The molecule has 0 saturated carbocycles. The molecule has 0 fully saturated rings. The maximum atomic E-state index is 12.9. The smallest absolute Gasteiger partial charge is 0.309 e. The highest BCUT2D eigenvalue weighted by Gasteiger charge is 2.29. The van der Waals surface area contributed by atoms with Crippen molar-refractivity contribution in [2.75, 3.05) is 13.2 Å². The highest BCUT2D eigenvalue weighted by Crippen LogP contribution is 2.13. The zero-order chi connectivity index (χ0) is 21.2. The van der Waals surface area contributed by atoms with Crippen LogP contribution in [0.2, 0.25) is 0 Å². The van der Waals surface area contributed by atoms with Gasteiger partial charge in [-0.25, -0.2) is 0 Å². The largest absolute Gasteiger partial charge is 0.463 e. The van der Waals surface area contributed by atoms with Crippen molar-refractivity contribution in [1.29, 1.82) is 0 Å². The molecule has 4 atom stereocenters. The summed E-state index contributed by atoms with van der Waals surface area (Å²) in [5.41, 5.74) is 0.990. The fourth-order valence-corrected chi connectivity index (χ4v) is 3.03. The van der Waals surface area contributed by atoms with Gasteiger partial charge in [0.15, 0.2) is 0 Å². The molecule has 2 amide bonds. The summed E-state index contributed by atoms with van der Waals surface area (Å²) >= 11 is 0. The second-order valence-electron chi connectivity index (χ2n) is 7.51. The van der Waals surface area contributed by atoms with Gasteiger partial charge < -0.3 is 20.5 Å². The number of benzene rings is 1. The van der Waals surface area contributed by atoms with E-state index in [1.807, 2.05) is 30.3 Å². The first kappa shape index (κ1) is 22.6. The minimum Gasteiger partial charge on any atom is -0.463 e. The van der Waals surface area contributed by atoms with Crippen LogP contribution in [0.3, 0.4) is 0 Å². The van der Waals surface area contributed by atoms with Gasteiger partial charge in [-0.2, -0.15) is 0 Å². The molecule has 3 unspecified atom stereocenters. The van der Waals surface area contributed by atoms with Crippen molar-refractivity contribution in [1.82, 2.24) is 10.6 Å². The normalized spacial score (nSPS) is 24.4. The first-order chi connectivity index (χ1) is 13.9. The third kappa shape index (κ3) is 7.34. The predicted molar refractivity (Wildman–Crippen MR) is 109 cm³/mol. The van der Waals surface area contributed by atoms with E-state index in [-0.39, 0.29) is 31.5 Å². The van der Waals surface area contributed by atoms with Gasteiger partial charge in [0.05, 0.1) is 18.6 Å². The molecule has 158 valence electrons. The average molecular weight is 402 g/mol. The summed E-state index contributed by atoms with van der Waals surface area (Å²) in [6.07, 6.45) is 4.70. The van der Waals surface area contributed by atoms with Gasteiger partial charge in [-0.1, -0.05) is 49.4 Å². The SMILES string of the molecule is CC1CC=CCC(C(=O)N[C@@H](C)CO)C(=O)NC(Cc2ccccc2)COC1=O. The van der Waals surface area contributed by atoms with Gasteiger partial charge in [-0.3, -0.25) is 14.4 Å². The Balaban J connectivity index is 2.20. The Morgan fingerprint density at radius 2 is 1.93 bits per heavy atom. The van der Waals surface area contributed by atoms with E-state index in [9.17, 15) is 19.5 Å². The third-order valence-corrected chi connectivity index (χ3v) is 4.82. The van der Waals surface area contributed by atoms with Gasteiger partial charge >= 0.3 is 5.97 Å². The van der Waals surface area contributed by atoms with Gasteiger partial charge in [0.1, 0.15) is 12.5 Å². The lowest BCUT2D eigenvalue weighted by Gasteiger charge is -2.24. The molecule has 0 saturated heterocycles. The number of esters is 1. The Morgan fingerprint density at radius 1 is 1.24 bits per heavy atom. The van der Waals surface area contributed by atoms with E-state index in [1.54, 1.807) is 26.0 Å². The molecule has 7 nitrogen and oxygen atoms in total. The van der Waals surface area contributed by atoms with Crippen molar-refractivity contribution in [2.45, 2.75) is 45.2 Å². The molecule has 1 heterocycles. The molecule has 0 aliphatic carbocycles. The van der Waals surface area contributed by atoms with Crippen molar-refractivity contribution in [3.8, 4) is 0 Å². The molecule has 1 aromatic carbocycles. The number of nitrogens with one attached hydrogen (secondary N) is 2. The lowest BCUT2D eigenvalue weighted by molar-refractivity contribution is -0.149. The lowest BCUT2D eigenvalue weighted by Crippen LogP contribution is -2.49. The number of aliphatic hydroxyl groups excluding tert-OH is 1. The standard InChI is InChI=1S/C22H30N2O5/c1-15-8-6-7-11-19(20(26)23-16(2)13-25)21(27)24-18(14-29-22(15)28)12-17-9-4-3-5-10-17/h3-7,9-10,15-16,18-19,25H,8,11-14H2,1-2H3,(H,23,26)(H,24,27)/t15?,16-,18?,19?/m0/s1. The molecule has 0 radical (unpaired) electrons. The third-order valence-electron chi connectivity index (χ3n) is 4.82. The number of hydrogen-bond donors (Lipinski definition) is 3. The van der Waals surface area contributed by atoms with Crippen LogP contribution in [0.5, 0.6) is 0 Å². The number of hydrogen-bond acceptors (Lipinski definition) is 5. The second-order valence-corrected chi connectivity index (χ2v) is 7.51. The summed E-state index contributed by atoms with van der Waals surface area (Å²) in [4.78, 5) is 37.6. The number of amides is 2. The summed E-state index contributed by atoms with van der Waals surface area (Å²) in [7, 11) is 0. The van der Waals surface area contributed by atoms with E-state index in [0.29, 0.717) is 12.8 Å². The highest BCUT2D eigenvalue weighted by molar-refractivity contribution is 6.00. The van der Waals surface area contributed by atoms with Crippen LogP contribution in [0.15, 0.2) is 42.5 Å². The Morgan fingerprint density at radius 3 is 2.62 bits per heavy atom.